The Kier molecular flexibility index (Phi) is 6.89. The molecule has 2 fully saturated rings. The number of rotatable bonds is 6. The molecule has 2 aliphatic heterocycles. The fraction of sp³-hybridized carbons (Fsp3) is 0.375. The van der Waals surface area contributed by atoms with Crippen LogP contribution in [0.25, 0.3) is 0 Å². The zero-order valence-corrected chi connectivity index (χ0v) is 18.1. The number of thioether (sulfide) groups is 1. The molecule has 2 aromatic rings. The number of hydrogen-bond donors (Lipinski definition) is 1. The summed E-state index contributed by atoms with van der Waals surface area (Å²) in [6.45, 7) is 3.08. The van der Waals surface area contributed by atoms with Crippen molar-refractivity contribution in [1.29, 1.82) is 10.5 Å². The lowest BCUT2D eigenvalue weighted by Gasteiger charge is -2.29. The largest absolute Gasteiger partial charge is 0.331 e. The van der Waals surface area contributed by atoms with Crippen LogP contribution >= 0.6 is 11.8 Å². The van der Waals surface area contributed by atoms with Crippen LogP contribution in [0.2, 0.25) is 0 Å². The Morgan fingerprint density at radius 1 is 1.03 bits per heavy atom. The van der Waals surface area contributed by atoms with Gasteiger partial charge in [-0.2, -0.15) is 10.5 Å². The first-order chi connectivity index (χ1) is 15.2. The lowest BCUT2D eigenvalue weighted by molar-refractivity contribution is -0.131. The molecule has 7 heteroatoms. The summed E-state index contributed by atoms with van der Waals surface area (Å²) in [7, 11) is 0. The molecule has 0 radical (unpaired) electrons. The van der Waals surface area contributed by atoms with E-state index in [-0.39, 0.29) is 18.0 Å². The summed E-state index contributed by atoms with van der Waals surface area (Å²) in [5.74, 6) is 2.02. The number of nitriles is 2. The van der Waals surface area contributed by atoms with E-state index in [1.807, 2.05) is 53.4 Å². The average molecular weight is 432 g/mol. The predicted molar refractivity (Wildman–Crippen MR) is 121 cm³/mol. The summed E-state index contributed by atoms with van der Waals surface area (Å²) < 4.78 is 0. The topological polar surface area (TPSA) is 83.2 Å². The van der Waals surface area contributed by atoms with Crippen molar-refractivity contribution in [3.05, 3.63) is 70.8 Å². The van der Waals surface area contributed by atoms with E-state index in [0.717, 1.165) is 55.4 Å². The highest BCUT2D eigenvalue weighted by Crippen LogP contribution is 2.23. The van der Waals surface area contributed by atoms with E-state index in [2.05, 4.69) is 22.4 Å². The van der Waals surface area contributed by atoms with Crippen LogP contribution in [0.1, 0.15) is 28.7 Å². The molecule has 0 saturated carbocycles. The molecule has 2 aromatic carbocycles. The molecule has 2 saturated heterocycles. The summed E-state index contributed by atoms with van der Waals surface area (Å²) in [6.07, 6.45) is 0.784. The molecule has 1 amide bonds. The number of nitrogens with one attached hydrogen (secondary N) is 1. The van der Waals surface area contributed by atoms with Crippen molar-refractivity contribution in [1.82, 2.24) is 15.1 Å². The van der Waals surface area contributed by atoms with Gasteiger partial charge in [-0.15, -0.1) is 11.8 Å². The van der Waals surface area contributed by atoms with Crippen molar-refractivity contribution in [2.75, 3.05) is 24.7 Å². The minimum atomic E-state index is -0.131. The minimum absolute atomic E-state index is 0.131. The molecule has 2 heterocycles. The normalized spacial score (nSPS) is 20.5. The second-order valence-corrected chi connectivity index (χ2v) is 9.09. The van der Waals surface area contributed by atoms with E-state index in [1.165, 1.54) is 0 Å². The van der Waals surface area contributed by atoms with Gasteiger partial charge in [-0.1, -0.05) is 24.3 Å². The van der Waals surface area contributed by atoms with Gasteiger partial charge in [-0.3, -0.25) is 9.69 Å². The Morgan fingerprint density at radius 2 is 1.61 bits per heavy atom. The van der Waals surface area contributed by atoms with E-state index >= 15 is 0 Å². The fourth-order valence-corrected chi connectivity index (χ4v) is 5.10. The molecule has 0 aliphatic carbocycles. The van der Waals surface area contributed by atoms with Gasteiger partial charge in [-0.25, -0.2) is 0 Å². The van der Waals surface area contributed by atoms with Crippen LogP contribution in [0, 0.1) is 22.7 Å². The van der Waals surface area contributed by atoms with Crippen molar-refractivity contribution in [2.24, 2.45) is 0 Å². The molecule has 158 valence electrons. The Balaban J connectivity index is 1.49. The van der Waals surface area contributed by atoms with Crippen molar-refractivity contribution < 1.29 is 4.79 Å². The molecular weight excluding hydrogens is 406 g/mol. The van der Waals surface area contributed by atoms with E-state index < -0.39 is 0 Å². The minimum Gasteiger partial charge on any atom is -0.331 e. The van der Waals surface area contributed by atoms with Crippen LogP contribution in [-0.4, -0.2) is 52.5 Å². The number of nitrogens with zero attached hydrogens (tertiary/aromatic N) is 4. The first-order valence-corrected chi connectivity index (χ1v) is 11.6. The zero-order chi connectivity index (χ0) is 21.6. The van der Waals surface area contributed by atoms with Crippen LogP contribution in [-0.2, 0) is 17.9 Å². The molecule has 31 heavy (non-hydrogen) atoms. The number of benzene rings is 2. The van der Waals surface area contributed by atoms with E-state index in [1.54, 1.807) is 11.8 Å². The highest BCUT2D eigenvalue weighted by molar-refractivity contribution is 7.99. The SMILES string of the molecule is N#Cc1ccc(CN(Cc2ccc(C#N)cc2)[C@@H]2CN[C@H](C(=O)N3CCSC3)C2)cc1. The standard InChI is InChI=1S/C24H25N5OS/c25-12-18-1-5-20(6-2-18)15-29(16-21-7-3-19(13-26)4-8-21)22-11-23(27-14-22)24(30)28-9-10-31-17-28/h1-8,22-23,27H,9-11,14-17H2/t22-,23-/m0/s1. The highest BCUT2D eigenvalue weighted by atomic mass is 32.2. The molecule has 6 nitrogen and oxygen atoms in total. The summed E-state index contributed by atoms with van der Waals surface area (Å²) in [4.78, 5) is 17.2. The molecule has 2 aliphatic rings. The van der Waals surface area contributed by atoms with Crippen molar-refractivity contribution in [3.8, 4) is 12.1 Å². The molecule has 0 aromatic heterocycles. The summed E-state index contributed by atoms with van der Waals surface area (Å²) in [5, 5.41) is 21.6. The van der Waals surface area contributed by atoms with Crippen LogP contribution in [0.3, 0.4) is 0 Å². The summed E-state index contributed by atoms with van der Waals surface area (Å²) in [5.41, 5.74) is 3.58. The molecule has 2 atom stereocenters. The van der Waals surface area contributed by atoms with Gasteiger partial charge in [0.15, 0.2) is 0 Å². The van der Waals surface area contributed by atoms with Crippen LogP contribution in [0.15, 0.2) is 48.5 Å². The van der Waals surface area contributed by atoms with Gasteiger partial charge in [0, 0.05) is 38.0 Å². The molecule has 1 N–H and O–H groups in total. The van der Waals surface area contributed by atoms with Crippen molar-refractivity contribution >= 4 is 17.7 Å². The highest BCUT2D eigenvalue weighted by Gasteiger charge is 2.35. The van der Waals surface area contributed by atoms with Gasteiger partial charge < -0.3 is 10.2 Å². The Hall–Kier alpha value is -2.84. The molecule has 0 unspecified atom stereocenters. The van der Waals surface area contributed by atoms with Crippen molar-refractivity contribution in [3.63, 3.8) is 0 Å². The number of carbonyl (C=O) groups is 1. The third kappa shape index (κ3) is 5.26. The molecule has 4 rings (SSSR count). The third-order valence-corrected chi connectivity index (χ3v) is 6.89. The summed E-state index contributed by atoms with van der Waals surface area (Å²) >= 11 is 1.81. The lowest BCUT2D eigenvalue weighted by atomic mass is 10.1. The molecule has 0 bridgehead atoms. The first kappa shape index (κ1) is 21.4. The first-order valence-electron chi connectivity index (χ1n) is 10.5. The predicted octanol–water partition coefficient (Wildman–Crippen LogP) is 2.70. The maximum absolute atomic E-state index is 12.8. The van der Waals surface area contributed by atoms with E-state index in [9.17, 15) is 4.79 Å². The molecular formula is C24H25N5OS. The second-order valence-electron chi connectivity index (χ2n) is 8.01. The number of hydrogen-bond acceptors (Lipinski definition) is 6. The van der Waals surface area contributed by atoms with Gasteiger partial charge in [0.05, 0.1) is 35.2 Å². The Bertz CT molecular complexity index is 927. The molecule has 0 spiro atoms. The van der Waals surface area contributed by atoms with Gasteiger partial charge in [0.25, 0.3) is 0 Å². The number of carbonyl (C=O) groups excluding carboxylic acids is 1. The Morgan fingerprint density at radius 3 is 2.10 bits per heavy atom. The second kappa shape index (κ2) is 9.98. The maximum atomic E-state index is 12.8. The smallest absolute Gasteiger partial charge is 0.240 e. The quantitative estimate of drug-likeness (QED) is 0.757. The van der Waals surface area contributed by atoms with Crippen LogP contribution in [0.5, 0.6) is 0 Å². The fourth-order valence-electron chi connectivity index (χ4n) is 4.14. The van der Waals surface area contributed by atoms with Crippen molar-refractivity contribution in [2.45, 2.75) is 31.6 Å². The summed E-state index contributed by atoms with van der Waals surface area (Å²) in [6, 6.07) is 19.8. The van der Waals surface area contributed by atoms with Gasteiger partial charge in [0.2, 0.25) is 5.91 Å². The van der Waals surface area contributed by atoms with Crippen LogP contribution in [0.4, 0.5) is 0 Å². The van der Waals surface area contributed by atoms with Gasteiger partial charge >= 0.3 is 0 Å². The lowest BCUT2D eigenvalue weighted by Crippen LogP contribution is -2.42. The van der Waals surface area contributed by atoms with Crippen LogP contribution < -0.4 is 5.32 Å². The zero-order valence-electron chi connectivity index (χ0n) is 17.3. The monoisotopic (exact) mass is 431 g/mol. The van der Waals surface area contributed by atoms with Gasteiger partial charge in [0.1, 0.15) is 0 Å². The van der Waals surface area contributed by atoms with Gasteiger partial charge in [-0.05, 0) is 41.8 Å². The van der Waals surface area contributed by atoms with E-state index in [4.69, 9.17) is 10.5 Å². The Labute approximate surface area is 187 Å². The average Bonchev–Trinajstić information content (AvgIpc) is 3.52. The number of amides is 1. The third-order valence-electron chi connectivity index (χ3n) is 5.92. The maximum Gasteiger partial charge on any atom is 0.240 e. The van der Waals surface area contributed by atoms with E-state index in [0.29, 0.717) is 11.1 Å².